The fourth-order valence-electron chi connectivity index (χ4n) is 2.03. The summed E-state index contributed by atoms with van der Waals surface area (Å²) < 4.78 is 5.27. The molecular formula is C13H14N2O3. The van der Waals surface area contributed by atoms with Gasteiger partial charge in [0.2, 0.25) is 6.54 Å². The summed E-state index contributed by atoms with van der Waals surface area (Å²) in [5.74, 6) is 0.338. The Labute approximate surface area is 105 Å². The molecule has 0 saturated carbocycles. The summed E-state index contributed by atoms with van der Waals surface area (Å²) in [7, 11) is 1.57. The maximum absolute atomic E-state index is 10.8. The van der Waals surface area contributed by atoms with E-state index in [1.165, 1.54) is 0 Å². The molecule has 0 aliphatic rings. The van der Waals surface area contributed by atoms with Gasteiger partial charge in [-0.1, -0.05) is 18.2 Å². The molecule has 1 N–H and O–H groups in total. The molecule has 1 aromatic carbocycles. The third-order valence-corrected chi connectivity index (χ3v) is 2.84. The van der Waals surface area contributed by atoms with E-state index in [9.17, 15) is 10.1 Å². The van der Waals surface area contributed by atoms with E-state index < -0.39 is 0 Å². The molecule has 1 aromatic heterocycles. The zero-order valence-electron chi connectivity index (χ0n) is 10.00. The number of H-pyrrole nitrogens is 1. The van der Waals surface area contributed by atoms with Crippen molar-refractivity contribution in [3.05, 3.63) is 64.0 Å². The van der Waals surface area contributed by atoms with Crippen LogP contribution in [0.25, 0.3) is 0 Å². The molecular weight excluding hydrogens is 232 g/mol. The third kappa shape index (κ3) is 2.51. The first-order valence-corrected chi connectivity index (χ1v) is 5.60. The molecule has 0 unspecified atom stereocenters. The molecule has 2 rings (SSSR count). The van der Waals surface area contributed by atoms with Crippen LogP contribution in [-0.4, -0.2) is 23.6 Å². The Bertz CT molecular complexity index is 523. The fourth-order valence-corrected chi connectivity index (χ4v) is 2.03. The summed E-state index contributed by atoms with van der Waals surface area (Å²) in [5, 5.41) is 10.8. The van der Waals surface area contributed by atoms with E-state index >= 15 is 0 Å². The van der Waals surface area contributed by atoms with Gasteiger partial charge in [0.15, 0.2) is 0 Å². The van der Waals surface area contributed by atoms with Gasteiger partial charge >= 0.3 is 0 Å². The van der Waals surface area contributed by atoms with Gasteiger partial charge in [-0.25, -0.2) is 0 Å². The second kappa shape index (κ2) is 5.35. The highest BCUT2D eigenvalue weighted by molar-refractivity contribution is 5.40. The van der Waals surface area contributed by atoms with Crippen molar-refractivity contribution in [2.75, 3.05) is 13.7 Å². The van der Waals surface area contributed by atoms with Crippen LogP contribution in [0.1, 0.15) is 17.2 Å². The first-order chi connectivity index (χ1) is 8.72. The lowest BCUT2D eigenvalue weighted by atomic mass is 9.95. The molecule has 0 amide bonds. The molecule has 0 bridgehead atoms. The van der Waals surface area contributed by atoms with Crippen LogP contribution in [0.5, 0.6) is 5.75 Å². The van der Waals surface area contributed by atoms with Crippen molar-refractivity contribution in [1.82, 2.24) is 4.98 Å². The van der Waals surface area contributed by atoms with Crippen LogP contribution in [0, 0.1) is 10.1 Å². The number of para-hydroxylation sites is 1. The fraction of sp³-hybridized carbons (Fsp3) is 0.231. The van der Waals surface area contributed by atoms with Crippen LogP contribution in [-0.2, 0) is 0 Å². The maximum Gasteiger partial charge on any atom is 0.216 e. The molecule has 0 saturated heterocycles. The normalized spacial score (nSPS) is 12.1. The van der Waals surface area contributed by atoms with Crippen molar-refractivity contribution < 1.29 is 9.66 Å². The Morgan fingerprint density at radius 3 is 2.72 bits per heavy atom. The smallest absolute Gasteiger partial charge is 0.216 e. The van der Waals surface area contributed by atoms with Crippen LogP contribution < -0.4 is 4.74 Å². The van der Waals surface area contributed by atoms with Crippen LogP contribution in [0.4, 0.5) is 0 Å². The minimum atomic E-state index is -0.328. The van der Waals surface area contributed by atoms with Gasteiger partial charge in [-0.3, -0.25) is 10.1 Å². The quantitative estimate of drug-likeness (QED) is 0.650. The average Bonchev–Trinajstić information content (AvgIpc) is 2.89. The van der Waals surface area contributed by atoms with E-state index in [0.717, 1.165) is 11.3 Å². The van der Waals surface area contributed by atoms with Gasteiger partial charge in [-0.15, -0.1) is 0 Å². The number of methoxy groups -OCH3 is 1. The maximum atomic E-state index is 10.8. The van der Waals surface area contributed by atoms with Gasteiger partial charge in [0.05, 0.1) is 13.0 Å². The highest BCUT2D eigenvalue weighted by Crippen LogP contribution is 2.30. The molecule has 2 aromatic rings. The molecule has 0 aliphatic heterocycles. The molecule has 0 spiro atoms. The molecule has 0 fully saturated rings. The van der Waals surface area contributed by atoms with Gasteiger partial charge in [0.25, 0.3) is 0 Å². The summed E-state index contributed by atoms with van der Waals surface area (Å²) in [6, 6.07) is 11.0. The Morgan fingerprint density at radius 1 is 1.33 bits per heavy atom. The third-order valence-electron chi connectivity index (χ3n) is 2.84. The summed E-state index contributed by atoms with van der Waals surface area (Å²) >= 11 is 0. The number of ether oxygens (including phenoxy) is 1. The minimum absolute atomic E-state index is 0.166. The number of benzene rings is 1. The molecule has 0 radical (unpaired) electrons. The van der Waals surface area contributed by atoms with Crippen molar-refractivity contribution in [3.63, 3.8) is 0 Å². The predicted octanol–water partition coefficient (Wildman–Crippen LogP) is 2.43. The van der Waals surface area contributed by atoms with Gasteiger partial charge in [0, 0.05) is 22.4 Å². The Balaban J connectivity index is 2.43. The Kier molecular flexibility index (Phi) is 3.62. The van der Waals surface area contributed by atoms with Gasteiger partial charge in [-0.05, 0) is 18.2 Å². The predicted molar refractivity (Wildman–Crippen MR) is 67.5 cm³/mol. The molecule has 0 aliphatic carbocycles. The lowest BCUT2D eigenvalue weighted by Crippen LogP contribution is -2.15. The van der Waals surface area contributed by atoms with E-state index in [1.54, 1.807) is 13.3 Å². The monoisotopic (exact) mass is 246 g/mol. The first kappa shape index (κ1) is 12.2. The second-order valence-electron chi connectivity index (χ2n) is 3.94. The van der Waals surface area contributed by atoms with Crippen molar-refractivity contribution in [2.45, 2.75) is 5.92 Å². The number of nitrogens with zero attached hydrogens (tertiary/aromatic N) is 1. The molecule has 5 nitrogen and oxygen atoms in total. The topological polar surface area (TPSA) is 68.2 Å². The lowest BCUT2D eigenvalue weighted by Gasteiger charge is -2.15. The van der Waals surface area contributed by atoms with E-state index in [0.29, 0.717) is 5.75 Å². The number of hydrogen-bond acceptors (Lipinski definition) is 3. The van der Waals surface area contributed by atoms with E-state index in [1.807, 2.05) is 36.4 Å². The summed E-state index contributed by atoms with van der Waals surface area (Å²) in [5.41, 5.74) is 1.63. The zero-order chi connectivity index (χ0) is 13.0. The molecule has 18 heavy (non-hydrogen) atoms. The van der Waals surface area contributed by atoms with Crippen LogP contribution in [0.2, 0.25) is 0 Å². The molecule has 1 heterocycles. The number of rotatable bonds is 5. The number of nitro groups is 1. The van der Waals surface area contributed by atoms with Crippen molar-refractivity contribution in [3.8, 4) is 5.75 Å². The molecule has 94 valence electrons. The molecule has 1 atom stereocenters. The first-order valence-electron chi connectivity index (χ1n) is 5.60. The van der Waals surface area contributed by atoms with Crippen molar-refractivity contribution in [1.29, 1.82) is 0 Å². The lowest BCUT2D eigenvalue weighted by molar-refractivity contribution is -0.482. The summed E-state index contributed by atoms with van der Waals surface area (Å²) in [4.78, 5) is 13.6. The average molecular weight is 246 g/mol. The number of aromatic amines is 1. The number of hydrogen-bond donors (Lipinski definition) is 1. The highest BCUT2D eigenvalue weighted by Gasteiger charge is 2.23. The molecule has 5 heteroatoms. The number of aromatic nitrogens is 1. The van der Waals surface area contributed by atoms with Gasteiger partial charge in [0.1, 0.15) is 5.75 Å². The SMILES string of the molecule is COc1ccccc1[C@@H](C[N+](=O)[O-])c1ccc[nH]1. The van der Waals surface area contributed by atoms with Crippen LogP contribution >= 0.6 is 0 Å². The number of nitrogens with one attached hydrogen (secondary N) is 1. The van der Waals surface area contributed by atoms with Crippen molar-refractivity contribution in [2.24, 2.45) is 0 Å². The second-order valence-corrected chi connectivity index (χ2v) is 3.94. The van der Waals surface area contributed by atoms with Crippen molar-refractivity contribution >= 4 is 0 Å². The van der Waals surface area contributed by atoms with E-state index in [-0.39, 0.29) is 17.4 Å². The Hall–Kier alpha value is -2.30. The summed E-state index contributed by atoms with van der Waals surface area (Å²) in [6.07, 6.45) is 1.76. The zero-order valence-corrected chi connectivity index (χ0v) is 10.00. The van der Waals surface area contributed by atoms with Crippen LogP contribution in [0.15, 0.2) is 42.6 Å². The Morgan fingerprint density at radius 2 is 2.11 bits per heavy atom. The largest absolute Gasteiger partial charge is 0.496 e. The summed E-state index contributed by atoms with van der Waals surface area (Å²) in [6.45, 7) is -0.166. The van der Waals surface area contributed by atoms with Crippen LogP contribution in [0.3, 0.4) is 0 Å². The standard InChI is InChI=1S/C13H14N2O3/c1-18-13-7-3-2-5-10(13)11(9-15(16)17)12-6-4-8-14-12/h2-8,11,14H,9H2,1H3/t11-/m1/s1. The van der Waals surface area contributed by atoms with Gasteiger partial charge in [-0.2, -0.15) is 0 Å². The minimum Gasteiger partial charge on any atom is -0.496 e. The highest BCUT2D eigenvalue weighted by atomic mass is 16.6. The van der Waals surface area contributed by atoms with E-state index in [2.05, 4.69) is 4.98 Å². The van der Waals surface area contributed by atoms with E-state index in [4.69, 9.17) is 4.74 Å². The van der Waals surface area contributed by atoms with Gasteiger partial charge < -0.3 is 9.72 Å².